The third-order valence-corrected chi connectivity index (χ3v) is 5.70. The van der Waals surface area contributed by atoms with Crippen molar-refractivity contribution in [3.05, 3.63) is 82.7 Å². The normalized spacial score (nSPS) is 11.1. The summed E-state index contributed by atoms with van der Waals surface area (Å²) in [6.45, 7) is 6.78. The molecule has 0 atom stereocenters. The molecule has 8 nitrogen and oxygen atoms in total. The van der Waals surface area contributed by atoms with Crippen LogP contribution in [0.5, 0.6) is 0 Å². The highest BCUT2D eigenvalue weighted by Gasteiger charge is 2.24. The van der Waals surface area contributed by atoms with E-state index in [4.69, 9.17) is 0 Å². The van der Waals surface area contributed by atoms with Gasteiger partial charge in [0.25, 0.3) is 5.91 Å². The van der Waals surface area contributed by atoms with Crippen molar-refractivity contribution in [1.29, 1.82) is 0 Å². The predicted octanol–water partition coefficient (Wildman–Crippen LogP) is 3.11. The summed E-state index contributed by atoms with van der Waals surface area (Å²) < 4.78 is 5.44. The van der Waals surface area contributed by atoms with Crippen LogP contribution in [0.1, 0.15) is 38.8 Å². The predicted molar refractivity (Wildman–Crippen MR) is 118 cm³/mol. The maximum Gasteiger partial charge on any atom is 0.275 e. The van der Waals surface area contributed by atoms with Crippen molar-refractivity contribution in [1.82, 2.24) is 34.2 Å². The SMILES string of the molecule is Cc1nn(C)c(C)c1CN(Cc1ccnn1-c1ccccc1)C(=O)c1cc(C)n(C)n1. The highest BCUT2D eigenvalue weighted by molar-refractivity contribution is 5.92. The number of aromatic nitrogens is 6. The molecular weight excluding hydrogens is 390 g/mol. The second kappa shape index (κ2) is 8.22. The topological polar surface area (TPSA) is 73.8 Å². The van der Waals surface area contributed by atoms with E-state index in [0.29, 0.717) is 18.8 Å². The molecule has 0 aliphatic rings. The van der Waals surface area contributed by atoms with Crippen LogP contribution in [0.2, 0.25) is 0 Å². The first-order chi connectivity index (χ1) is 14.8. The van der Waals surface area contributed by atoms with E-state index in [2.05, 4.69) is 15.3 Å². The molecule has 160 valence electrons. The molecule has 0 saturated carbocycles. The van der Waals surface area contributed by atoms with Crippen LogP contribution in [0.3, 0.4) is 0 Å². The highest BCUT2D eigenvalue weighted by atomic mass is 16.2. The molecule has 3 heterocycles. The van der Waals surface area contributed by atoms with Gasteiger partial charge < -0.3 is 4.90 Å². The van der Waals surface area contributed by atoms with Gasteiger partial charge in [0.05, 0.1) is 30.2 Å². The van der Waals surface area contributed by atoms with Crippen LogP contribution in [0.4, 0.5) is 0 Å². The van der Waals surface area contributed by atoms with Crippen LogP contribution in [-0.4, -0.2) is 40.1 Å². The van der Waals surface area contributed by atoms with Gasteiger partial charge in [-0.25, -0.2) is 4.68 Å². The average Bonchev–Trinajstić information content (AvgIpc) is 3.42. The van der Waals surface area contributed by atoms with Gasteiger partial charge >= 0.3 is 0 Å². The second-order valence-corrected chi connectivity index (χ2v) is 7.80. The Morgan fingerprint density at radius 1 is 0.968 bits per heavy atom. The molecule has 3 aromatic heterocycles. The summed E-state index contributed by atoms with van der Waals surface area (Å²) in [7, 11) is 3.76. The Balaban J connectivity index is 1.71. The monoisotopic (exact) mass is 417 g/mol. The summed E-state index contributed by atoms with van der Waals surface area (Å²) in [6.07, 6.45) is 1.76. The molecule has 0 fully saturated rings. The van der Waals surface area contributed by atoms with Crippen molar-refractivity contribution < 1.29 is 4.79 Å². The minimum Gasteiger partial charge on any atom is -0.327 e. The fraction of sp³-hybridized carbons (Fsp3) is 0.304. The molecule has 0 bridgehead atoms. The van der Waals surface area contributed by atoms with Crippen LogP contribution in [0.25, 0.3) is 5.69 Å². The van der Waals surface area contributed by atoms with Gasteiger partial charge in [-0.3, -0.25) is 14.2 Å². The summed E-state index contributed by atoms with van der Waals surface area (Å²) in [5.74, 6) is -0.118. The fourth-order valence-corrected chi connectivity index (χ4v) is 3.71. The van der Waals surface area contributed by atoms with E-state index in [1.807, 2.05) is 91.6 Å². The largest absolute Gasteiger partial charge is 0.327 e. The van der Waals surface area contributed by atoms with E-state index in [1.165, 1.54) is 0 Å². The molecule has 0 saturated heterocycles. The summed E-state index contributed by atoms with van der Waals surface area (Å²) in [5, 5.41) is 13.4. The van der Waals surface area contributed by atoms with E-state index in [-0.39, 0.29) is 5.91 Å². The third kappa shape index (κ3) is 4.01. The maximum atomic E-state index is 13.5. The number of nitrogens with zero attached hydrogens (tertiary/aromatic N) is 7. The van der Waals surface area contributed by atoms with E-state index >= 15 is 0 Å². The van der Waals surface area contributed by atoms with Gasteiger partial charge in [-0.05, 0) is 45.0 Å². The molecule has 4 aromatic rings. The lowest BCUT2D eigenvalue weighted by Crippen LogP contribution is -2.32. The molecule has 0 spiro atoms. The number of benzene rings is 1. The zero-order valence-corrected chi connectivity index (χ0v) is 18.6. The maximum absolute atomic E-state index is 13.5. The number of para-hydroxylation sites is 1. The average molecular weight is 418 g/mol. The van der Waals surface area contributed by atoms with Gasteiger partial charge in [-0.2, -0.15) is 15.3 Å². The van der Waals surface area contributed by atoms with E-state index in [1.54, 1.807) is 10.9 Å². The van der Waals surface area contributed by atoms with Crippen molar-refractivity contribution >= 4 is 5.91 Å². The van der Waals surface area contributed by atoms with Crippen molar-refractivity contribution in [2.45, 2.75) is 33.9 Å². The summed E-state index contributed by atoms with van der Waals surface area (Å²) in [6, 6.07) is 13.7. The van der Waals surface area contributed by atoms with Crippen LogP contribution in [0, 0.1) is 20.8 Å². The number of aryl methyl sites for hydroxylation is 4. The fourth-order valence-electron chi connectivity index (χ4n) is 3.71. The van der Waals surface area contributed by atoms with Crippen LogP contribution in [0.15, 0.2) is 48.7 Å². The smallest absolute Gasteiger partial charge is 0.275 e. The van der Waals surface area contributed by atoms with Crippen LogP contribution < -0.4 is 0 Å². The summed E-state index contributed by atoms with van der Waals surface area (Å²) in [4.78, 5) is 15.3. The Hall–Kier alpha value is -3.68. The molecule has 0 unspecified atom stereocenters. The Kier molecular flexibility index (Phi) is 5.46. The van der Waals surface area contributed by atoms with Gasteiger partial charge in [-0.15, -0.1) is 0 Å². The second-order valence-electron chi connectivity index (χ2n) is 7.80. The number of rotatable bonds is 6. The van der Waals surface area contributed by atoms with E-state index in [9.17, 15) is 4.79 Å². The number of hydrogen-bond donors (Lipinski definition) is 0. The lowest BCUT2D eigenvalue weighted by molar-refractivity contribution is 0.0719. The van der Waals surface area contributed by atoms with Gasteiger partial charge in [0, 0.05) is 37.2 Å². The summed E-state index contributed by atoms with van der Waals surface area (Å²) in [5.41, 5.74) is 6.27. The zero-order chi connectivity index (χ0) is 22.1. The minimum atomic E-state index is -0.118. The Morgan fingerprint density at radius 2 is 1.71 bits per heavy atom. The molecular formula is C23H27N7O. The van der Waals surface area contributed by atoms with Gasteiger partial charge in [0.2, 0.25) is 0 Å². The highest BCUT2D eigenvalue weighted by Crippen LogP contribution is 2.20. The van der Waals surface area contributed by atoms with Crippen LogP contribution in [-0.2, 0) is 27.2 Å². The molecule has 1 amide bonds. The molecule has 0 radical (unpaired) electrons. The van der Waals surface area contributed by atoms with Crippen molar-refractivity contribution in [2.75, 3.05) is 0 Å². The first-order valence-corrected chi connectivity index (χ1v) is 10.2. The Bertz CT molecular complexity index is 1200. The van der Waals surface area contributed by atoms with E-state index in [0.717, 1.165) is 34.0 Å². The van der Waals surface area contributed by atoms with Gasteiger partial charge in [-0.1, -0.05) is 18.2 Å². The number of hydrogen-bond acceptors (Lipinski definition) is 4. The van der Waals surface area contributed by atoms with Crippen molar-refractivity contribution in [3.8, 4) is 5.69 Å². The minimum absolute atomic E-state index is 0.118. The first kappa shape index (κ1) is 20.6. The molecule has 0 aliphatic heterocycles. The third-order valence-electron chi connectivity index (χ3n) is 5.70. The number of carbonyl (C=O) groups excluding carboxylic acids is 1. The molecule has 8 heteroatoms. The molecule has 31 heavy (non-hydrogen) atoms. The lowest BCUT2D eigenvalue weighted by atomic mass is 10.1. The molecule has 0 aliphatic carbocycles. The molecule has 4 rings (SSSR count). The molecule has 1 aromatic carbocycles. The standard InChI is InChI=1S/C23H27N7O/c1-16-13-22(26-27(16)4)23(31)29(15-21-17(2)25-28(5)18(21)3)14-20-11-12-24-30(20)19-9-7-6-8-10-19/h6-13H,14-15H2,1-5H3. The van der Waals surface area contributed by atoms with E-state index < -0.39 is 0 Å². The number of carbonyl (C=O) groups is 1. The van der Waals surface area contributed by atoms with Crippen LogP contribution >= 0.6 is 0 Å². The lowest BCUT2D eigenvalue weighted by Gasteiger charge is -2.23. The summed E-state index contributed by atoms with van der Waals surface area (Å²) >= 11 is 0. The van der Waals surface area contributed by atoms with Crippen molar-refractivity contribution in [2.24, 2.45) is 14.1 Å². The van der Waals surface area contributed by atoms with Gasteiger partial charge in [0.1, 0.15) is 0 Å². The zero-order valence-electron chi connectivity index (χ0n) is 18.6. The quantitative estimate of drug-likeness (QED) is 0.483. The van der Waals surface area contributed by atoms with Gasteiger partial charge in [0.15, 0.2) is 5.69 Å². The Morgan fingerprint density at radius 3 is 2.32 bits per heavy atom. The van der Waals surface area contributed by atoms with Crippen molar-refractivity contribution in [3.63, 3.8) is 0 Å². The Labute approximate surface area is 181 Å². The first-order valence-electron chi connectivity index (χ1n) is 10.2. The molecule has 0 N–H and O–H groups in total. The number of amides is 1.